The number of fused-ring (bicyclic) bond motifs is 7. The Labute approximate surface area is 333 Å². The van der Waals surface area contributed by atoms with E-state index in [0.717, 1.165) is 62.6 Å². The van der Waals surface area contributed by atoms with Gasteiger partial charge in [0.05, 0.1) is 11.3 Å². The summed E-state index contributed by atoms with van der Waals surface area (Å²) >= 11 is 0. The molecule has 0 spiro atoms. The van der Waals surface area contributed by atoms with Crippen molar-refractivity contribution in [2.45, 2.75) is 26.2 Å². The molecule has 0 saturated heterocycles. The van der Waals surface area contributed by atoms with Crippen LogP contribution in [0.3, 0.4) is 0 Å². The van der Waals surface area contributed by atoms with Gasteiger partial charge in [0.2, 0.25) is 0 Å². The van der Waals surface area contributed by atoms with Gasteiger partial charge in [-0.3, -0.25) is 9.30 Å². The highest BCUT2D eigenvalue weighted by Crippen LogP contribution is 2.46. The molecular weight excluding hydrogens is 693 g/mol. The molecule has 57 heavy (non-hydrogen) atoms. The summed E-state index contributed by atoms with van der Waals surface area (Å²) in [6.07, 6.45) is 2.14. The molecule has 5 nitrogen and oxygen atoms in total. The standard InChI is InChI=1S/C51H40BN5/c1-51(2,3)36-27-29-39(30-28-36)55(43-23-14-17-35-16-10-11-22-41(35)43)40-31-32-42-46(34-40)56(37-18-6-4-7-19-37)44-24-15-25-45-48(44)52(42)49-50(54-33-13-12-26-47(54)53-49)57(45)38-20-8-5-9-21-38/h4-34H,1-3H3. The lowest BCUT2D eigenvalue weighted by atomic mass is 9.35. The van der Waals surface area contributed by atoms with Gasteiger partial charge in [-0.15, -0.1) is 0 Å². The fourth-order valence-electron chi connectivity index (χ4n) is 9.07. The van der Waals surface area contributed by atoms with Crippen LogP contribution in [0.25, 0.3) is 16.4 Å². The van der Waals surface area contributed by atoms with Crippen LogP contribution in [0.1, 0.15) is 26.3 Å². The first-order valence-corrected chi connectivity index (χ1v) is 19.8. The number of anilines is 9. The molecule has 2 aliphatic heterocycles. The van der Waals surface area contributed by atoms with Gasteiger partial charge >= 0.3 is 0 Å². The lowest BCUT2D eigenvalue weighted by Gasteiger charge is -2.42. The third kappa shape index (κ3) is 5.21. The third-order valence-corrected chi connectivity index (χ3v) is 11.7. The highest BCUT2D eigenvalue weighted by molar-refractivity contribution is 7.00. The van der Waals surface area contributed by atoms with Crippen molar-refractivity contribution >= 4 is 91.0 Å². The van der Waals surface area contributed by atoms with E-state index in [1.165, 1.54) is 27.3 Å². The van der Waals surface area contributed by atoms with Crippen LogP contribution < -0.4 is 31.2 Å². The molecule has 0 radical (unpaired) electrons. The van der Waals surface area contributed by atoms with Crippen LogP contribution in [-0.4, -0.2) is 16.1 Å². The Bertz CT molecular complexity index is 2960. The van der Waals surface area contributed by atoms with Gasteiger partial charge in [0.1, 0.15) is 11.5 Å². The van der Waals surface area contributed by atoms with Gasteiger partial charge in [0, 0.05) is 51.4 Å². The molecule has 0 N–H and O–H groups in total. The van der Waals surface area contributed by atoms with Crippen molar-refractivity contribution in [3.05, 3.63) is 194 Å². The lowest BCUT2D eigenvalue weighted by molar-refractivity contribution is 0.590. The van der Waals surface area contributed by atoms with Crippen molar-refractivity contribution in [1.82, 2.24) is 9.38 Å². The van der Waals surface area contributed by atoms with E-state index in [1.807, 2.05) is 0 Å². The van der Waals surface area contributed by atoms with Crippen LogP contribution in [0.15, 0.2) is 188 Å². The van der Waals surface area contributed by atoms with Gasteiger partial charge in [-0.25, -0.2) is 4.98 Å². The van der Waals surface area contributed by atoms with Crippen molar-refractivity contribution in [3.8, 4) is 0 Å². The molecule has 0 atom stereocenters. The molecule has 0 bridgehead atoms. The summed E-state index contributed by atoms with van der Waals surface area (Å²) in [4.78, 5) is 12.7. The quantitative estimate of drug-likeness (QED) is 0.165. The Morgan fingerprint density at radius 3 is 1.93 bits per heavy atom. The van der Waals surface area contributed by atoms with Crippen LogP contribution in [0.5, 0.6) is 0 Å². The smallest absolute Gasteiger partial charge is 0.277 e. The van der Waals surface area contributed by atoms with E-state index in [-0.39, 0.29) is 12.1 Å². The van der Waals surface area contributed by atoms with E-state index < -0.39 is 0 Å². The summed E-state index contributed by atoms with van der Waals surface area (Å²) in [5, 5.41) is 2.41. The number of rotatable bonds is 5. The minimum atomic E-state index is -0.0906. The predicted octanol–water partition coefficient (Wildman–Crippen LogP) is 11.3. The fourth-order valence-corrected chi connectivity index (χ4v) is 9.07. The Morgan fingerprint density at radius 1 is 0.544 bits per heavy atom. The molecule has 2 aliphatic rings. The lowest BCUT2D eigenvalue weighted by Crippen LogP contribution is -2.61. The number of para-hydroxylation sites is 2. The van der Waals surface area contributed by atoms with Crippen molar-refractivity contribution in [3.63, 3.8) is 0 Å². The SMILES string of the molecule is CC(C)(C)c1ccc(N(c2ccc3c(c2)N(c2ccccc2)c2cccc4c2B3c2nc3ccccn3c2N4c2ccccc2)c2cccc3ccccc23)cc1. The van der Waals surface area contributed by atoms with E-state index >= 15 is 0 Å². The van der Waals surface area contributed by atoms with Crippen LogP contribution in [0, 0.1) is 0 Å². The van der Waals surface area contributed by atoms with Crippen molar-refractivity contribution in [1.29, 1.82) is 0 Å². The highest BCUT2D eigenvalue weighted by atomic mass is 15.3. The van der Waals surface area contributed by atoms with Crippen molar-refractivity contribution in [2.75, 3.05) is 14.7 Å². The fraction of sp³-hybridized carbons (Fsp3) is 0.0784. The summed E-state index contributed by atoms with van der Waals surface area (Å²) in [7, 11) is 0. The maximum absolute atomic E-state index is 5.46. The van der Waals surface area contributed by atoms with E-state index in [0.29, 0.717) is 0 Å². The molecule has 0 amide bonds. The van der Waals surface area contributed by atoms with Gasteiger partial charge in [0.25, 0.3) is 6.71 Å². The molecular formula is C51H40BN5. The molecule has 0 saturated carbocycles. The number of benzene rings is 7. The first kappa shape index (κ1) is 33.3. The molecule has 2 aromatic heterocycles. The van der Waals surface area contributed by atoms with Crippen molar-refractivity contribution in [2.24, 2.45) is 0 Å². The monoisotopic (exact) mass is 733 g/mol. The van der Waals surface area contributed by atoms with Crippen LogP contribution in [0.2, 0.25) is 0 Å². The number of aromatic nitrogens is 2. The van der Waals surface area contributed by atoms with Gasteiger partial charge in [-0.05, 0) is 106 Å². The molecule has 6 heteroatoms. The summed E-state index contributed by atoms with van der Waals surface area (Å²) in [6, 6.07) is 66.1. The molecule has 272 valence electrons. The summed E-state index contributed by atoms with van der Waals surface area (Å²) in [5.74, 6) is 1.07. The second-order valence-corrected chi connectivity index (χ2v) is 16.1. The molecule has 4 heterocycles. The number of hydrogen-bond acceptors (Lipinski definition) is 4. The van der Waals surface area contributed by atoms with Crippen molar-refractivity contribution < 1.29 is 0 Å². The van der Waals surface area contributed by atoms with E-state index in [4.69, 9.17) is 4.98 Å². The average molecular weight is 734 g/mol. The van der Waals surface area contributed by atoms with Gasteiger partial charge < -0.3 is 9.80 Å². The number of nitrogens with zero attached hydrogens (tertiary/aromatic N) is 5. The molecule has 0 fully saturated rings. The number of imidazole rings is 1. The molecule has 9 aromatic rings. The topological polar surface area (TPSA) is 27.0 Å². The molecule has 0 aliphatic carbocycles. The first-order valence-electron chi connectivity index (χ1n) is 19.8. The molecule has 0 unspecified atom stereocenters. The Balaban J connectivity index is 1.19. The zero-order chi connectivity index (χ0) is 38.3. The van der Waals surface area contributed by atoms with E-state index in [2.05, 4.69) is 228 Å². The second-order valence-electron chi connectivity index (χ2n) is 16.1. The Hall–Kier alpha value is -7.05. The Morgan fingerprint density at radius 2 is 1.18 bits per heavy atom. The van der Waals surface area contributed by atoms with Crippen LogP contribution >= 0.6 is 0 Å². The van der Waals surface area contributed by atoms with Crippen LogP contribution in [0.4, 0.5) is 51.3 Å². The third-order valence-electron chi connectivity index (χ3n) is 11.7. The zero-order valence-electron chi connectivity index (χ0n) is 32.2. The second kappa shape index (κ2) is 12.8. The van der Waals surface area contributed by atoms with Gasteiger partial charge in [-0.2, -0.15) is 0 Å². The predicted molar refractivity (Wildman–Crippen MR) is 240 cm³/mol. The van der Waals surface area contributed by atoms with E-state index in [1.54, 1.807) is 0 Å². The van der Waals surface area contributed by atoms with Crippen LogP contribution in [-0.2, 0) is 5.41 Å². The minimum absolute atomic E-state index is 0.0456. The van der Waals surface area contributed by atoms with Gasteiger partial charge in [0.15, 0.2) is 0 Å². The highest BCUT2D eigenvalue weighted by Gasteiger charge is 2.46. The maximum atomic E-state index is 5.46. The Kier molecular flexibility index (Phi) is 7.45. The largest absolute Gasteiger partial charge is 0.311 e. The first-order chi connectivity index (χ1) is 27.9. The minimum Gasteiger partial charge on any atom is -0.311 e. The summed E-state index contributed by atoms with van der Waals surface area (Å²) in [6.45, 7) is 6.73. The summed E-state index contributed by atoms with van der Waals surface area (Å²) in [5.41, 5.74) is 14.8. The normalized spacial score (nSPS) is 13.1. The summed E-state index contributed by atoms with van der Waals surface area (Å²) < 4.78 is 2.25. The average Bonchev–Trinajstić information content (AvgIpc) is 3.63. The number of hydrogen-bond donors (Lipinski definition) is 0. The molecule has 11 rings (SSSR count). The van der Waals surface area contributed by atoms with Gasteiger partial charge in [-0.1, -0.05) is 124 Å². The number of pyridine rings is 1. The molecule has 7 aromatic carbocycles. The maximum Gasteiger partial charge on any atom is 0.277 e. The van der Waals surface area contributed by atoms with E-state index in [9.17, 15) is 0 Å². The zero-order valence-corrected chi connectivity index (χ0v) is 32.2.